The number of hydrogen-bond donors (Lipinski definition) is 1. The molecule has 0 aliphatic carbocycles. The van der Waals surface area contributed by atoms with Crippen molar-refractivity contribution in [2.24, 2.45) is 0 Å². The third kappa shape index (κ3) is 2.40. The van der Waals surface area contributed by atoms with Gasteiger partial charge in [0.05, 0.1) is 17.3 Å². The van der Waals surface area contributed by atoms with Crippen LogP contribution in [0.2, 0.25) is 0 Å². The number of carboxylic acids is 1. The van der Waals surface area contributed by atoms with Crippen LogP contribution in [0, 0.1) is 24.1 Å². The van der Waals surface area contributed by atoms with Crippen LogP contribution in [0.5, 0.6) is 0 Å². The lowest BCUT2D eigenvalue weighted by Crippen LogP contribution is -2.06. The number of hydrogen-bond acceptors (Lipinski definition) is 4. The first-order valence-electron chi connectivity index (χ1n) is 5.30. The quantitative estimate of drug-likeness (QED) is 0.890. The smallest absolute Gasteiger partial charge is 0.373 e. The highest BCUT2D eigenvalue weighted by Crippen LogP contribution is 2.24. The first-order valence-corrected chi connectivity index (χ1v) is 5.30. The minimum Gasteiger partial charge on any atom is -0.475 e. The third-order valence-electron chi connectivity index (χ3n) is 2.52. The summed E-state index contributed by atoms with van der Waals surface area (Å²) < 4.78 is 13.9. The number of aromatic nitrogens is 2. The lowest BCUT2D eigenvalue weighted by molar-refractivity contribution is 0.0683. The fraction of sp³-hybridized carbons (Fsp3) is 0.0769. The van der Waals surface area contributed by atoms with Crippen LogP contribution in [0.3, 0.4) is 0 Å². The number of aromatic carboxylic acids is 1. The summed E-state index contributed by atoms with van der Waals surface area (Å²) in [5.41, 5.74) is 1.08. The van der Waals surface area contributed by atoms with Crippen LogP contribution in [0.15, 0.2) is 24.4 Å². The molecule has 5 nitrogen and oxygen atoms in total. The van der Waals surface area contributed by atoms with E-state index in [1.165, 1.54) is 18.3 Å². The van der Waals surface area contributed by atoms with Crippen molar-refractivity contribution in [3.63, 3.8) is 0 Å². The van der Waals surface area contributed by atoms with E-state index < -0.39 is 17.6 Å². The van der Waals surface area contributed by atoms with Crippen molar-refractivity contribution in [3.8, 4) is 17.3 Å². The first-order chi connectivity index (χ1) is 9.02. The molecule has 0 atom stereocenters. The van der Waals surface area contributed by atoms with E-state index in [0.29, 0.717) is 5.56 Å². The van der Waals surface area contributed by atoms with E-state index in [-0.39, 0.29) is 16.8 Å². The predicted octanol–water partition coefficient (Wildman–Crippen LogP) is 2.16. The molecule has 0 unspecified atom stereocenters. The molecule has 0 saturated heterocycles. The molecule has 0 saturated carbocycles. The van der Waals surface area contributed by atoms with E-state index in [0.717, 1.165) is 6.07 Å². The largest absolute Gasteiger partial charge is 0.475 e. The third-order valence-corrected chi connectivity index (χ3v) is 2.52. The van der Waals surface area contributed by atoms with Crippen molar-refractivity contribution in [2.75, 3.05) is 0 Å². The van der Waals surface area contributed by atoms with Gasteiger partial charge in [0.2, 0.25) is 5.82 Å². The molecular weight excluding hydrogens is 249 g/mol. The Morgan fingerprint density at radius 2 is 2.21 bits per heavy atom. The van der Waals surface area contributed by atoms with Crippen LogP contribution in [0.25, 0.3) is 11.3 Å². The van der Waals surface area contributed by atoms with Gasteiger partial charge < -0.3 is 5.11 Å². The van der Waals surface area contributed by atoms with Crippen molar-refractivity contribution < 1.29 is 14.3 Å². The predicted molar refractivity (Wildman–Crippen MR) is 63.8 cm³/mol. The molecule has 94 valence electrons. The van der Waals surface area contributed by atoms with Gasteiger partial charge in [-0.3, -0.25) is 0 Å². The summed E-state index contributed by atoms with van der Waals surface area (Å²) in [6, 6.07) is 5.75. The van der Waals surface area contributed by atoms with Crippen molar-refractivity contribution in [3.05, 3.63) is 47.2 Å². The fourth-order valence-corrected chi connectivity index (χ4v) is 1.59. The van der Waals surface area contributed by atoms with Crippen LogP contribution < -0.4 is 0 Å². The van der Waals surface area contributed by atoms with E-state index in [4.69, 9.17) is 10.4 Å². The number of carbonyl (C=O) groups is 1. The van der Waals surface area contributed by atoms with E-state index in [2.05, 4.69) is 9.97 Å². The van der Waals surface area contributed by atoms with Crippen molar-refractivity contribution in [2.45, 2.75) is 6.92 Å². The number of rotatable bonds is 2. The van der Waals surface area contributed by atoms with E-state index in [1.807, 2.05) is 6.07 Å². The summed E-state index contributed by atoms with van der Waals surface area (Å²) in [6.45, 7) is 1.65. The normalized spacial score (nSPS) is 9.95. The summed E-state index contributed by atoms with van der Waals surface area (Å²) >= 11 is 0. The average Bonchev–Trinajstić information content (AvgIpc) is 2.39. The maximum absolute atomic E-state index is 13.9. The molecule has 1 heterocycles. The minimum atomic E-state index is -1.28. The van der Waals surface area contributed by atoms with Gasteiger partial charge >= 0.3 is 5.97 Å². The summed E-state index contributed by atoms with van der Waals surface area (Å²) in [5.74, 6) is -2.31. The molecule has 0 bridgehead atoms. The molecule has 1 N–H and O–H groups in total. The molecule has 19 heavy (non-hydrogen) atoms. The monoisotopic (exact) mass is 257 g/mol. The first kappa shape index (κ1) is 12.6. The number of halogens is 1. The Kier molecular flexibility index (Phi) is 3.21. The summed E-state index contributed by atoms with van der Waals surface area (Å²) in [6.07, 6.45) is 1.32. The van der Waals surface area contributed by atoms with Crippen molar-refractivity contribution in [1.82, 2.24) is 9.97 Å². The summed E-state index contributed by atoms with van der Waals surface area (Å²) in [7, 11) is 0. The van der Waals surface area contributed by atoms with Gasteiger partial charge in [0.15, 0.2) is 0 Å². The molecule has 0 fully saturated rings. The summed E-state index contributed by atoms with van der Waals surface area (Å²) in [5, 5.41) is 17.5. The van der Waals surface area contributed by atoms with E-state index >= 15 is 0 Å². The summed E-state index contributed by atoms with van der Waals surface area (Å²) in [4.78, 5) is 18.3. The molecule has 2 rings (SSSR count). The highest BCUT2D eigenvalue weighted by Gasteiger charge is 2.14. The molecule has 0 aliphatic rings. The second kappa shape index (κ2) is 4.82. The number of nitriles is 1. The Morgan fingerprint density at radius 3 is 2.79 bits per heavy atom. The molecule has 0 spiro atoms. The Morgan fingerprint density at radius 1 is 1.47 bits per heavy atom. The van der Waals surface area contributed by atoms with Crippen molar-refractivity contribution >= 4 is 5.97 Å². The maximum Gasteiger partial charge on any atom is 0.373 e. The second-order valence-electron chi connectivity index (χ2n) is 3.84. The highest BCUT2D eigenvalue weighted by molar-refractivity contribution is 5.84. The van der Waals surface area contributed by atoms with Crippen LogP contribution in [-0.4, -0.2) is 21.0 Å². The maximum atomic E-state index is 13.9. The molecule has 0 radical (unpaired) electrons. The average molecular weight is 257 g/mol. The fourth-order valence-electron chi connectivity index (χ4n) is 1.59. The molecule has 0 amide bonds. The second-order valence-corrected chi connectivity index (χ2v) is 3.84. The lowest BCUT2D eigenvalue weighted by atomic mass is 10.1. The highest BCUT2D eigenvalue weighted by atomic mass is 19.1. The van der Waals surface area contributed by atoms with Crippen molar-refractivity contribution in [1.29, 1.82) is 5.26 Å². The number of aryl methyl sites for hydroxylation is 1. The number of nitrogens with zero attached hydrogens (tertiary/aromatic N) is 3. The van der Waals surface area contributed by atoms with Gasteiger partial charge in [0, 0.05) is 11.8 Å². The zero-order valence-corrected chi connectivity index (χ0v) is 9.88. The Balaban J connectivity index is 2.62. The van der Waals surface area contributed by atoms with Crippen LogP contribution in [-0.2, 0) is 0 Å². The van der Waals surface area contributed by atoms with Crippen LogP contribution >= 0.6 is 0 Å². The number of carboxylic acid groups (broad SMARTS) is 1. The topological polar surface area (TPSA) is 86.9 Å². The standard InChI is InChI=1S/C13H8FN3O2/c1-7-6-16-12(13(18)19)17-11(7)9-3-2-8(5-15)4-10(9)14/h2-4,6H,1H3,(H,18,19). The van der Waals surface area contributed by atoms with Crippen LogP contribution in [0.1, 0.15) is 21.7 Å². The zero-order chi connectivity index (χ0) is 14.0. The van der Waals surface area contributed by atoms with Gasteiger partial charge in [0.1, 0.15) is 5.82 Å². The van der Waals surface area contributed by atoms with Crippen LogP contribution in [0.4, 0.5) is 4.39 Å². The Bertz CT molecular complexity index is 708. The van der Waals surface area contributed by atoms with Gasteiger partial charge in [-0.25, -0.2) is 19.2 Å². The molecule has 0 aliphatic heterocycles. The number of benzene rings is 1. The molecule has 2 aromatic rings. The van der Waals surface area contributed by atoms with Gasteiger partial charge in [0.25, 0.3) is 0 Å². The molecule has 6 heteroatoms. The molecule has 1 aromatic heterocycles. The Hall–Kier alpha value is -2.81. The zero-order valence-electron chi connectivity index (χ0n) is 9.88. The van der Waals surface area contributed by atoms with Gasteiger partial charge in [-0.1, -0.05) is 0 Å². The molecule has 1 aromatic carbocycles. The minimum absolute atomic E-state index is 0.140. The van der Waals surface area contributed by atoms with Gasteiger partial charge in [-0.05, 0) is 30.7 Å². The molecular formula is C13H8FN3O2. The lowest BCUT2D eigenvalue weighted by Gasteiger charge is -2.07. The Labute approximate surface area is 108 Å². The van der Waals surface area contributed by atoms with E-state index in [1.54, 1.807) is 6.92 Å². The van der Waals surface area contributed by atoms with E-state index in [9.17, 15) is 9.18 Å². The van der Waals surface area contributed by atoms with Gasteiger partial charge in [-0.2, -0.15) is 5.26 Å². The van der Waals surface area contributed by atoms with Gasteiger partial charge in [-0.15, -0.1) is 0 Å². The SMILES string of the molecule is Cc1cnc(C(=O)O)nc1-c1ccc(C#N)cc1F.